The fraction of sp³-hybridized carbons (Fsp3) is 0.409. The smallest absolute Gasteiger partial charge is 0.481 e. The van der Waals surface area contributed by atoms with Crippen molar-refractivity contribution in [2.75, 3.05) is 11.9 Å². The molecular formula is C22H26BaN4O10+2. The van der Waals surface area contributed by atoms with E-state index in [4.69, 9.17) is 9.84 Å². The Bertz CT molecular complexity index is 1240. The maximum atomic E-state index is 12.4. The first-order valence-electron chi connectivity index (χ1n) is 10.9. The number of carbonyl (C=O) groups is 3. The van der Waals surface area contributed by atoms with Gasteiger partial charge in [-0.15, -0.1) is 0 Å². The van der Waals surface area contributed by atoms with Crippen molar-refractivity contribution >= 4 is 72.4 Å². The molecule has 6 N–H and O–H groups in total. The van der Waals surface area contributed by atoms with Gasteiger partial charge in [0.25, 0.3) is 11.5 Å². The molecule has 4 atom stereocenters. The standard InChI is InChI=1S/C22H26N4O10.Ba/c1-25(9-12-10-26(22(35)24-19(12)31)16-8-15(27)21(34)36-16)13-4-2-11(3-5-13)18(30)23-14(20(32)33)6-7-17(28)29;/h2-5,10,14-16,21,27,34H,6-9H2,1H3,(H,23,30)(H,28,29)(H,32,33)(H,24,31,35);/q;+2. The molecule has 2 heterocycles. The van der Waals surface area contributed by atoms with E-state index in [0.29, 0.717) is 5.69 Å². The molecule has 3 rings (SSSR count). The summed E-state index contributed by atoms with van der Waals surface area (Å²) in [7, 11) is 1.66. The number of benzene rings is 1. The van der Waals surface area contributed by atoms with Crippen LogP contribution in [0, 0.1) is 0 Å². The van der Waals surface area contributed by atoms with Gasteiger partial charge in [-0.1, -0.05) is 0 Å². The Labute approximate surface area is 249 Å². The number of nitrogens with one attached hydrogen (secondary N) is 2. The van der Waals surface area contributed by atoms with Crippen LogP contribution in [0.2, 0.25) is 0 Å². The monoisotopic (exact) mass is 644 g/mol. The van der Waals surface area contributed by atoms with E-state index in [1.54, 1.807) is 24.1 Å². The van der Waals surface area contributed by atoms with Crippen LogP contribution in [0.5, 0.6) is 0 Å². The van der Waals surface area contributed by atoms with Gasteiger partial charge in [0, 0.05) is 43.9 Å². The zero-order valence-corrected chi connectivity index (χ0v) is 24.3. The second kappa shape index (κ2) is 13.4. The number of carboxylic acids is 2. The number of ether oxygens (including phenoxy) is 1. The molecule has 4 unspecified atom stereocenters. The van der Waals surface area contributed by atoms with Crippen LogP contribution >= 0.6 is 0 Å². The van der Waals surface area contributed by atoms with Gasteiger partial charge in [-0.05, 0) is 30.7 Å². The van der Waals surface area contributed by atoms with Gasteiger partial charge in [0.15, 0.2) is 6.29 Å². The quantitative estimate of drug-likeness (QED) is 0.163. The number of carbonyl (C=O) groups excluding carboxylic acids is 1. The second-order valence-electron chi connectivity index (χ2n) is 8.30. The number of aliphatic hydroxyl groups is 2. The van der Waals surface area contributed by atoms with Gasteiger partial charge in [-0.3, -0.25) is 23.9 Å². The first-order valence-corrected chi connectivity index (χ1v) is 10.9. The molecule has 1 aromatic carbocycles. The summed E-state index contributed by atoms with van der Waals surface area (Å²) in [6, 6.07) is 4.66. The number of hydrogen-bond acceptors (Lipinski definition) is 9. The van der Waals surface area contributed by atoms with E-state index in [2.05, 4.69) is 10.3 Å². The Kier molecular flexibility index (Phi) is 11.1. The third-order valence-electron chi connectivity index (χ3n) is 5.65. The van der Waals surface area contributed by atoms with Crippen LogP contribution in [0.4, 0.5) is 5.69 Å². The van der Waals surface area contributed by atoms with Crippen LogP contribution in [0.15, 0.2) is 40.1 Å². The Morgan fingerprint density at radius 1 is 1.19 bits per heavy atom. The van der Waals surface area contributed by atoms with Gasteiger partial charge in [0.2, 0.25) is 0 Å². The van der Waals surface area contributed by atoms with Gasteiger partial charge in [0.05, 0.1) is 5.56 Å². The van der Waals surface area contributed by atoms with E-state index in [-0.39, 0.29) is 79.4 Å². The number of aromatic nitrogens is 2. The van der Waals surface area contributed by atoms with Crippen molar-refractivity contribution in [3.8, 4) is 0 Å². The number of rotatable bonds is 10. The molecule has 1 amide bonds. The summed E-state index contributed by atoms with van der Waals surface area (Å²) in [4.78, 5) is 62.7. The average Bonchev–Trinajstić information content (AvgIpc) is 3.15. The number of nitrogens with zero attached hydrogens (tertiary/aromatic N) is 2. The van der Waals surface area contributed by atoms with Crippen LogP contribution in [0.1, 0.15) is 41.4 Å². The molecule has 1 aliphatic rings. The van der Waals surface area contributed by atoms with Crippen molar-refractivity contribution in [2.24, 2.45) is 0 Å². The molecule has 14 nitrogen and oxygen atoms in total. The van der Waals surface area contributed by atoms with Crippen molar-refractivity contribution in [3.63, 3.8) is 0 Å². The third kappa shape index (κ3) is 8.02. The van der Waals surface area contributed by atoms with E-state index >= 15 is 0 Å². The number of carboxylic acid groups (broad SMARTS) is 2. The SMILES string of the molecule is CN(Cc1cn(C2CC(O)C(O)O2)c(=O)[nH]c1=O)c1ccc(C(=O)NC(CCC(=O)O)C(=O)O)cc1.[Ba+2]. The van der Waals surface area contributed by atoms with Crippen molar-refractivity contribution in [3.05, 3.63) is 62.4 Å². The minimum Gasteiger partial charge on any atom is -0.481 e. The van der Waals surface area contributed by atoms with E-state index in [1.165, 1.54) is 18.3 Å². The summed E-state index contributed by atoms with van der Waals surface area (Å²) < 4.78 is 6.24. The summed E-state index contributed by atoms with van der Waals surface area (Å²) in [6.07, 6.45) is -2.99. The van der Waals surface area contributed by atoms with Gasteiger partial charge >= 0.3 is 66.5 Å². The van der Waals surface area contributed by atoms with Crippen molar-refractivity contribution in [1.29, 1.82) is 0 Å². The second-order valence-corrected chi connectivity index (χ2v) is 8.30. The van der Waals surface area contributed by atoms with Gasteiger partial charge in [0.1, 0.15) is 18.4 Å². The molecule has 0 saturated carbocycles. The first kappa shape index (κ1) is 30.8. The summed E-state index contributed by atoms with van der Waals surface area (Å²) in [6.45, 7) is 0.0509. The summed E-state index contributed by atoms with van der Waals surface area (Å²) in [5, 5.41) is 39.5. The molecule has 15 heteroatoms. The van der Waals surface area contributed by atoms with Crippen LogP contribution in [0.25, 0.3) is 0 Å². The number of hydrogen-bond donors (Lipinski definition) is 6. The van der Waals surface area contributed by atoms with Crippen molar-refractivity contribution < 1.29 is 39.5 Å². The maximum Gasteiger partial charge on any atom is 2.00 e. The molecule has 0 bridgehead atoms. The number of amides is 1. The summed E-state index contributed by atoms with van der Waals surface area (Å²) >= 11 is 0. The molecule has 0 spiro atoms. The van der Waals surface area contributed by atoms with E-state index < -0.39 is 60.2 Å². The fourth-order valence-electron chi connectivity index (χ4n) is 3.64. The van der Waals surface area contributed by atoms with E-state index in [0.717, 1.165) is 4.57 Å². The normalized spacial score (nSPS) is 19.5. The number of aliphatic carboxylic acids is 2. The Hall–Kier alpha value is -2.44. The molecule has 1 aromatic heterocycles. The predicted octanol–water partition coefficient (Wildman–Crippen LogP) is -1.56. The molecule has 1 fully saturated rings. The first-order chi connectivity index (χ1) is 17.0. The van der Waals surface area contributed by atoms with Gasteiger partial charge in [-0.25, -0.2) is 9.59 Å². The Balaban J connectivity index is 0.00000481. The molecule has 0 radical (unpaired) electrons. The molecule has 194 valence electrons. The van der Waals surface area contributed by atoms with Crippen LogP contribution in [-0.4, -0.2) is 122 Å². The molecule has 37 heavy (non-hydrogen) atoms. The Morgan fingerprint density at radius 3 is 2.38 bits per heavy atom. The summed E-state index contributed by atoms with van der Waals surface area (Å²) in [5.74, 6) is -3.21. The van der Waals surface area contributed by atoms with Crippen LogP contribution < -0.4 is 21.5 Å². The predicted molar refractivity (Wildman–Crippen MR) is 128 cm³/mol. The van der Waals surface area contributed by atoms with E-state index in [1.807, 2.05) is 0 Å². The largest absolute Gasteiger partial charge is 2.00 e. The molecule has 0 aliphatic carbocycles. The van der Waals surface area contributed by atoms with Gasteiger partial charge < -0.3 is 35.4 Å². The molecular weight excluding hydrogens is 618 g/mol. The van der Waals surface area contributed by atoms with Crippen molar-refractivity contribution in [1.82, 2.24) is 14.9 Å². The molecule has 1 aliphatic heterocycles. The number of aromatic amines is 1. The topological polar surface area (TPSA) is 211 Å². The van der Waals surface area contributed by atoms with Crippen LogP contribution in [-0.2, 0) is 20.9 Å². The van der Waals surface area contributed by atoms with Crippen LogP contribution in [0.3, 0.4) is 0 Å². The number of aliphatic hydroxyl groups excluding tert-OH is 2. The van der Waals surface area contributed by atoms with Gasteiger partial charge in [-0.2, -0.15) is 0 Å². The zero-order chi connectivity index (χ0) is 26.6. The number of anilines is 1. The Morgan fingerprint density at radius 2 is 1.84 bits per heavy atom. The zero-order valence-electron chi connectivity index (χ0n) is 19.9. The third-order valence-corrected chi connectivity index (χ3v) is 5.65. The molecule has 1 saturated heterocycles. The average molecular weight is 644 g/mol. The number of H-pyrrole nitrogens is 1. The fourth-order valence-corrected chi connectivity index (χ4v) is 3.64. The minimum atomic E-state index is -1.45. The molecule has 2 aromatic rings. The van der Waals surface area contributed by atoms with Crippen molar-refractivity contribution in [2.45, 2.75) is 50.5 Å². The van der Waals surface area contributed by atoms with E-state index in [9.17, 15) is 39.3 Å². The maximum absolute atomic E-state index is 12.4. The minimum absolute atomic E-state index is 0. The summed E-state index contributed by atoms with van der Waals surface area (Å²) in [5.41, 5.74) is -0.445.